The van der Waals surface area contributed by atoms with Crippen molar-refractivity contribution in [3.8, 4) is 5.75 Å². The van der Waals surface area contributed by atoms with Crippen molar-refractivity contribution in [2.45, 2.75) is 26.7 Å². The van der Waals surface area contributed by atoms with E-state index in [2.05, 4.69) is 6.92 Å². The molecule has 0 fully saturated rings. The van der Waals surface area contributed by atoms with Crippen molar-refractivity contribution in [1.82, 2.24) is 0 Å². The maximum absolute atomic E-state index is 11.7. The average Bonchev–Trinajstić information content (AvgIpc) is 2.30. The molecule has 17 heavy (non-hydrogen) atoms. The Morgan fingerprint density at radius 2 is 2.24 bits per heavy atom. The number of ether oxygens (including phenoxy) is 1. The quantitative estimate of drug-likeness (QED) is 0.469. The molecule has 0 aliphatic carbocycles. The number of rotatable bonds is 5. The fraction of sp³-hybridized carbons (Fsp3) is 0.462. The SMILES string of the molecule is CCCC(C)COC(=O)c1cccc(N)c1O. The number of hydrogen-bond acceptors (Lipinski definition) is 4. The van der Waals surface area contributed by atoms with Crippen LogP contribution in [-0.2, 0) is 4.74 Å². The molecule has 4 heteroatoms. The van der Waals surface area contributed by atoms with Gasteiger partial charge in [0.1, 0.15) is 5.56 Å². The number of anilines is 1. The minimum atomic E-state index is -0.530. The second kappa shape index (κ2) is 6.13. The minimum absolute atomic E-state index is 0.119. The van der Waals surface area contributed by atoms with E-state index in [9.17, 15) is 9.90 Å². The van der Waals surface area contributed by atoms with Gasteiger partial charge in [-0.2, -0.15) is 0 Å². The van der Waals surface area contributed by atoms with Crippen LogP contribution in [0.1, 0.15) is 37.0 Å². The summed E-state index contributed by atoms with van der Waals surface area (Å²) in [6, 6.07) is 4.64. The number of hydrogen-bond donors (Lipinski definition) is 2. The number of nitrogens with two attached hydrogens (primary N) is 1. The first kappa shape index (κ1) is 13.4. The van der Waals surface area contributed by atoms with Gasteiger partial charge >= 0.3 is 5.97 Å². The van der Waals surface area contributed by atoms with Crippen LogP contribution in [0.5, 0.6) is 5.75 Å². The van der Waals surface area contributed by atoms with Crippen molar-refractivity contribution in [2.75, 3.05) is 12.3 Å². The van der Waals surface area contributed by atoms with Crippen LogP contribution in [-0.4, -0.2) is 17.7 Å². The number of phenolic OH excluding ortho intramolecular Hbond substituents is 1. The number of nitrogen functional groups attached to an aromatic ring is 1. The molecule has 1 aromatic carbocycles. The van der Waals surface area contributed by atoms with Gasteiger partial charge in [-0.3, -0.25) is 0 Å². The largest absolute Gasteiger partial charge is 0.505 e. The highest BCUT2D eigenvalue weighted by atomic mass is 16.5. The summed E-state index contributed by atoms with van der Waals surface area (Å²) in [4.78, 5) is 11.7. The Bertz CT molecular complexity index is 390. The fourth-order valence-corrected chi connectivity index (χ4v) is 1.60. The van der Waals surface area contributed by atoms with Gasteiger partial charge in [0, 0.05) is 0 Å². The molecule has 0 radical (unpaired) electrons. The molecule has 1 unspecified atom stereocenters. The summed E-state index contributed by atoms with van der Waals surface area (Å²) in [5.41, 5.74) is 5.81. The van der Waals surface area contributed by atoms with Crippen LogP contribution < -0.4 is 5.73 Å². The topological polar surface area (TPSA) is 72.5 Å². The Morgan fingerprint density at radius 3 is 2.88 bits per heavy atom. The molecule has 0 aliphatic rings. The molecule has 0 saturated heterocycles. The molecule has 0 aromatic heterocycles. The molecule has 1 aromatic rings. The third kappa shape index (κ3) is 3.66. The Hall–Kier alpha value is -1.71. The van der Waals surface area contributed by atoms with E-state index in [0.717, 1.165) is 12.8 Å². The zero-order chi connectivity index (χ0) is 12.8. The van der Waals surface area contributed by atoms with Gasteiger partial charge in [0.25, 0.3) is 0 Å². The number of phenols is 1. The van der Waals surface area contributed by atoms with Crippen LogP contribution in [0.25, 0.3) is 0 Å². The number of carbonyl (C=O) groups is 1. The van der Waals surface area contributed by atoms with E-state index in [1.54, 1.807) is 6.07 Å². The molecule has 0 spiro atoms. The Kier molecular flexibility index (Phi) is 4.82. The Balaban J connectivity index is 2.61. The summed E-state index contributed by atoms with van der Waals surface area (Å²) in [5, 5.41) is 9.61. The normalized spacial score (nSPS) is 12.1. The maximum atomic E-state index is 11.7. The van der Waals surface area contributed by atoms with Crippen LogP contribution in [0.3, 0.4) is 0 Å². The summed E-state index contributed by atoms with van der Waals surface area (Å²) in [6.07, 6.45) is 2.07. The summed E-state index contributed by atoms with van der Waals surface area (Å²) in [5.74, 6) is -0.412. The Labute approximate surface area is 101 Å². The molecule has 3 N–H and O–H groups in total. The average molecular weight is 237 g/mol. The van der Waals surface area contributed by atoms with Crippen molar-refractivity contribution < 1.29 is 14.6 Å². The van der Waals surface area contributed by atoms with E-state index in [-0.39, 0.29) is 17.0 Å². The summed E-state index contributed by atoms with van der Waals surface area (Å²) < 4.78 is 5.12. The lowest BCUT2D eigenvalue weighted by molar-refractivity contribution is 0.0440. The van der Waals surface area contributed by atoms with Crippen LogP contribution in [0, 0.1) is 5.92 Å². The monoisotopic (exact) mass is 237 g/mol. The predicted molar refractivity (Wildman–Crippen MR) is 66.9 cm³/mol. The van der Waals surface area contributed by atoms with E-state index in [1.165, 1.54) is 12.1 Å². The Morgan fingerprint density at radius 1 is 1.53 bits per heavy atom. The molecule has 0 amide bonds. The van der Waals surface area contributed by atoms with E-state index in [4.69, 9.17) is 10.5 Å². The molecule has 0 aliphatic heterocycles. The molecule has 4 nitrogen and oxygen atoms in total. The summed E-state index contributed by atoms with van der Waals surface area (Å²) in [7, 11) is 0. The van der Waals surface area contributed by atoms with Gasteiger partial charge in [-0.25, -0.2) is 4.79 Å². The fourth-order valence-electron chi connectivity index (χ4n) is 1.60. The molecule has 0 saturated carbocycles. The zero-order valence-corrected chi connectivity index (χ0v) is 10.3. The van der Waals surface area contributed by atoms with Crippen molar-refractivity contribution >= 4 is 11.7 Å². The minimum Gasteiger partial charge on any atom is -0.505 e. The smallest absolute Gasteiger partial charge is 0.342 e. The number of esters is 1. The van der Waals surface area contributed by atoms with Crippen molar-refractivity contribution in [3.63, 3.8) is 0 Å². The number of aromatic hydroxyl groups is 1. The second-order valence-electron chi connectivity index (χ2n) is 4.24. The predicted octanol–water partition coefficient (Wildman–Crippen LogP) is 2.57. The highest BCUT2D eigenvalue weighted by molar-refractivity contribution is 5.94. The molecule has 1 atom stereocenters. The van der Waals surface area contributed by atoms with E-state index >= 15 is 0 Å². The third-order valence-corrected chi connectivity index (χ3v) is 2.57. The maximum Gasteiger partial charge on any atom is 0.342 e. The highest BCUT2D eigenvalue weighted by Crippen LogP contribution is 2.25. The summed E-state index contributed by atoms with van der Waals surface area (Å²) >= 11 is 0. The van der Waals surface area contributed by atoms with Crippen molar-refractivity contribution in [2.24, 2.45) is 5.92 Å². The lowest BCUT2D eigenvalue weighted by Crippen LogP contribution is -2.12. The molecule has 94 valence electrons. The van der Waals surface area contributed by atoms with E-state index in [1.807, 2.05) is 6.92 Å². The standard InChI is InChI=1S/C13H19NO3/c1-3-5-9(2)8-17-13(16)10-6-4-7-11(14)12(10)15/h4,6-7,9,15H,3,5,8,14H2,1-2H3. The van der Waals surface area contributed by atoms with Gasteiger partial charge < -0.3 is 15.6 Å². The van der Waals surface area contributed by atoms with E-state index < -0.39 is 5.97 Å². The van der Waals surface area contributed by atoms with Crippen LogP contribution in [0.4, 0.5) is 5.69 Å². The lowest BCUT2D eigenvalue weighted by Gasteiger charge is -2.11. The first-order valence-corrected chi connectivity index (χ1v) is 5.80. The summed E-state index contributed by atoms with van der Waals surface area (Å²) in [6.45, 7) is 4.47. The third-order valence-electron chi connectivity index (χ3n) is 2.57. The molecular weight excluding hydrogens is 218 g/mol. The van der Waals surface area contributed by atoms with Crippen molar-refractivity contribution in [3.05, 3.63) is 23.8 Å². The van der Waals surface area contributed by atoms with Gasteiger partial charge in [-0.15, -0.1) is 0 Å². The number of benzene rings is 1. The first-order chi connectivity index (χ1) is 8.06. The van der Waals surface area contributed by atoms with Gasteiger partial charge in [0.2, 0.25) is 0 Å². The van der Waals surface area contributed by atoms with Gasteiger partial charge in [0.15, 0.2) is 5.75 Å². The lowest BCUT2D eigenvalue weighted by atomic mass is 10.1. The van der Waals surface area contributed by atoms with E-state index in [0.29, 0.717) is 12.5 Å². The molecule has 0 heterocycles. The molecule has 0 bridgehead atoms. The van der Waals surface area contributed by atoms with Gasteiger partial charge in [-0.1, -0.05) is 26.3 Å². The zero-order valence-electron chi connectivity index (χ0n) is 10.3. The second-order valence-corrected chi connectivity index (χ2v) is 4.24. The van der Waals surface area contributed by atoms with Crippen LogP contribution >= 0.6 is 0 Å². The molecule has 1 rings (SSSR count). The van der Waals surface area contributed by atoms with Gasteiger partial charge in [0.05, 0.1) is 12.3 Å². The highest BCUT2D eigenvalue weighted by Gasteiger charge is 2.15. The first-order valence-electron chi connectivity index (χ1n) is 5.80. The van der Waals surface area contributed by atoms with Crippen molar-refractivity contribution in [1.29, 1.82) is 0 Å². The van der Waals surface area contributed by atoms with Gasteiger partial charge in [-0.05, 0) is 24.5 Å². The van der Waals surface area contributed by atoms with Crippen LogP contribution in [0.15, 0.2) is 18.2 Å². The van der Waals surface area contributed by atoms with Crippen LogP contribution in [0.2, 0.25) is 0 Å². The molecular formula is C13H19NO3. The number of carbonyl (C=O) groups excluding carboxylic acids is 1. The number of para-hydroxylation sites is 1.